The summed E-state index contributed by atoms with van der Waals surface area (Å²) in [4.78, 5) is 20.7. The molecular formula is C29H49N7S. The van der Waals surface area contributed by atoms with Gasteiger partial charge in [0, 0.05) is 42.7 Å². The van der Waals surface area contributed by atoms with Crippen LogP contribution in [0.15, 0.2) is 67.2 Å². The number of allylic oxidation sites excluding steroid dienone is 3. The van der Waals surface area contributed by atoms with Crippen LogP contribution in [0.2, 0.25) is 0 Å². The molecule has 2 atom stereocenters. The summed E-state index contributed by atoms with van der Waals surface area (Å²) in [5.74, 6) is 0.452. The Balaban J connectivity index is 2.91. The van der Waals surface area contributed by atoms with Crippen LogP contribution in [-0.2, 0) is 0 Å². The smallest absolute Gasteiger partial charge is 0.144 e. The van der Waals surface area contributed by atoms with Crippen molar-refractivity contribution in [2.24, 2.45) is 25.7 Å². The number of nitrogens with one attached hydrogen (secondary N) is 1. The Morgan fingerprint density at radius 1 is 1.30 bits per heavy atom. The van der Waals surface area contributed by atoms with Gasteiger partial charge in [0.15, 0.2) is 0 Å². The van der Waals surface area contributed by atoms with Crippen LogP contribution in [0, 0.1) is 0 Å². The average molecular weight is 528 g/mol. The fraction of sp³-hybridized carbons (Fsp3) is 0.586. The van der Waals surface area contributed by atoms with Crippen LogP contribution in [0.25, 0.3) is 0 Å². The highest BCUT2D eigenvalue weighted by Gasteiger charge is 2.22. The average Bonchev–Trinajstić information content (AvgIpc) is 2.87. The molecule has 1 heterocycles. The molecule has 1 aliphatic rings. The molecule has 0 aromatic carbocycles. The number of amidine groups is 1. The molecule has 1 rings (SSSR count). The number of hydrogen-bond donors (Lipinski definition) is 2. The predicted molar refractivity (Wildman–Crippen MR) is 167 cm³/mol. The molecule has 0 aromatic rings. The fourth-order valence-electron chi connectivity index (χ4n) is 3.61. The lowest BCUT2D eigenvalue weighted by molar-refractivity contribution is 0.311. The van der Waals surface area contributed by atoms with E-state index < -0.39 is 0 Å². The van der Waals surface area contributed by atoms with Gasteiger partial charge in [-0.2, -0.15) is 0 Å². The highest BCUT2D eigenvalue weighted by Crippen LogP contribution is 2.17. The molecule has 0 radical (unpaired) electrons. The highest BCUT2D eigenvalue weighted by atomic mass is 32.2. The molecule has 0 saturated carbocycles. The van der Waals surface area contributed by atoms with E-state index in [1.54, 1.807) is 11.9 Å². The Morgan fingerprint density at radius 3 is 2.68 bits per heavy atom. The van der Waals surface area contributed by atoms with Crippen molar-refractivity contribution in [1.82, 2.24) is 9.62 Å². The lowest BCUT2D eigenvalue weighted by Gasteiger charge is -2.32. The Kier molecular flexibility index (Phi) is 16.5. The quantitative estimate of drug-likeness (QED) is 0.109. The summed E-state index contributed by atoms with van der Waals surface area (Å²) in [6.45, 7) is 16.0. The van der Waals surface area contributed by atoms with Crippen molar-refractivity contribution in [3.63, 3.8) is 0 Å². The lowest BCUT2D eigenvalue weighted by atomic mass is 10.1. The minimum absolute atomic E-state index is 0.200. The molecular weight excluding hydrogens is 478 g/mol. The number of unbranched alkanes of at least 4 members (excludes halogenated alkanes) is 1. The number of aliphatic imine (C=N–C) groups is 4. The van der Waals surface area contributed by atoms with Gasteiger partial charge in [-0.3, -0.25) is 19.7 Å². The van der Waals surface area contributed by atoms with Gasteiger partial charge in [-0.05, 0) is 73.1 Å². The molecule has 8 heteroatoms. The zero-order valence-corrected chi connectivity index (χ0v) is 25.1. The van der Waals surface area contributed by atoms with E-state index in [1.165, 1.54) is 12.0 Å². The van der Waals surface area contributed by atoms with Gasteiger partial charge in [0.05, 0.1) is 6.34 Å². The molecule has 0 aliphatic carbocycles. The maximum absolute atomic E-state index is 6.36. The zero-order chi connectivity index (χ0) is 27.6. The van der Waals surface area contributed by atoms with Gasteiger partial charge in [0.1, 0.15) is 17.7 Å². The third kappa shape index (κ3) is 12.6. The topological polar surface area (TPSA) is 90.7 Å². The summed E-state index contributed by atoms with van der Waals surface area (Å²) < 4.78 is 3.45. The highest BCUT2D eigenvalue weighted by molar-refractivity contribution is 7.96. The summed E-state index contributed by atoms with van der Waals surface area (Å²) in [6.07, 6.45) is 20.5. The Labute approximate surface area is 230 Å². The molecule has 206 valence electrons. The first-order valence-electron chi connectivity index (χ1n) is 13.4. The Morgan fingerprint density at radius 2 is 2.05 bits per heavy atom. The van der Waals surface area contributed by atoms with Crippen molar-refractivity contribution in [3.05, 3.63) is 47.2 Å². The molecule has 0 bridgehead atoms. The third-order valence-corrected chi connectivity index (χ3v) is 6.41. The van der Waals surface area contributed by atoms with E-state index in [-0.39, 0.29) is 12.2 Å². The number of rotatable bonds is 16. The Hall–Kier alpha value is -2.45. The molecule has 0 amide bonds. The molecule has 0 spiro atoms. The van der Waals surface area contributed by atoms with Gasteiger partial charge >= 0.3 is 0 Å². The lowest BCUT2D eigenvalue weighted by Crippen LogP contribution is -2.40. The summed E-state index contributed by atoms with van der Waals surface area (Å²) in [5.41, 5.74) is 10.3. The molecule has 0 fully saturated rings. The van der Waals surface area contributed by atoms with E-state index >= 15 is 0 Å². The third-order valence-electron chi connectivity index (χ3n) is 5.87. The maximum atomic E-state index is 6.36. The zero-order valence-electron chi connectivity index (χ0n) is 24.2. The second-order valence-corrected chi connectivity index (χ2v) is 9.93. The molecule has 7 nitrogen and oxygen atoms in total. The van der Waals surface area contributed by atoms with Gasteiger partial charge < -0.3 is 10.6 Å². The van der Waals surface area contributed by atoms with E-state index in [4.69, 9.17) is 10.7 Å². The number of hydrogen-bond acceptors (Lipinski definition) is 7. The second-order valence-electron chi connectivity index (χ2n) is 9.29. The van der Waals surface area contributed by atoms with Crippen LogP contribution in [0.4, 0.5) is 0 Å². The molecule has 3 N–H and O–H groups in total. The normalized spacial score (nSPS) is 19.0. The van der Waals surface area contributed by atoms with Crippen LogP contribution in [0.3, 0.4) is 0 Å². The van der Waals surface area contributed by atoms with E-state index in [0.717, 1.165) is 37.1 Å². The van der Waals surface area contributed by atoms with E-state index in [2.05, 4.69) is 76.8 Å². The summed E-state index contributed by atoms with van der Waals surface area (Å²) in [6, 6.07) is 0.585. The van der Waals surface area contributed by atoms with Crippen LogP contribution in [0.5, 0.6) is 0 Å². The fourth-order valence-corrected chi connectivity index (χ4v) is 4.09. The van der Waals surface area contributed by atoms with E-state index in [0.29, 0.717) is 24.1 Å². The molecule has 0 aromatic heterocycles. The van der Waals surface area contributed by atoms with Gasteiger partial charge in [0.25, 0.3) is 0 Å². The van der Waals surface area contributed by atoms with Crippen LogP contribution in [0.1, 0.15) is 74.1 Å². The summed E-state index contributed by atoms with van der Waals surface area (Å²) in [5, 5.41) is 0. The van der Waals surface area contributed by atoms with Gasteiger partial charge in [-0.15, -0.1) is 0 Å². The summed E-state index contributed by atoms with van der Waals surface area (Å²) >= 11 is 1.66. The first-order chi connectivity index (χ1) is 17.8. The van der Waals surface area contributed by atoms with Crippen LogP contribution >= 0.6 is 11.9 Å². The molecule has 0 saturated heterocycles. The standard InChI is InChI=1S/C29H49N7S/c1-9-12-13-14-26(35-37-8)16-15-23(6)17-18-32-29(30)27-19-28(36(21-33-27)22(4)5)34-24(7)25(10-2)20-31-11-3/h10,13-15,19-22,26,28,35H,9,11-12,16-18H2,1-8H3,(H2,30,32)/b14-13?,23-15+,25-10+,31-20?,34-24?. The van der Waals surface area contributed by atoms with E-state index in [9.17, 15) is 0 Å². The molecule has 1 aliphatic heterocycles. The van der Waals surface area contributed by atoms with Gasteiger partial charge in [-0.25, -0.2) is 4.99 Å². The van der Waals surface area contributed by atoms with Gasteiger partial charge in [-0.1, -0.05) is 55.2 Å². The first kappa shape index (κ1) is 32.6. The van der Waals surface area contributed by atoms with Crippen molar-refractivity contribution in [3.8, 4) is 0 Å². The largest absolute Gasteiger partial charge is 0.382 e. The number of nitrogens with zero attached hydrogens (tertiary/aromatic N) is 5. The summed E-state index contributed by atoms with van der Waals surface area (Å²) in [7, 11) is 0. The van der Waals surface area contributed by atoms with Crippen molar-refractivity contribution >= 4 is 36.0 Å². The van der Waals surface area contributed by atoms with Gasteiger partial charge in [0.2, 0.25) is 0 Å². The molecule has 2 unspecified atom stereocenters. The Bertz CT molecular complexity index is 923. The van der Waals surface area contributed by atoms with Crippen molar-refractivity contribution in [2.45, 2.75) is 92.4 Å². The van der Waals surface area contributed by atoms with Crippen molar-refractivity contribution in [2.75, 3.05) is 19.3 Å². The SMILES string of the molecule is C/C=C(\C=NCC)C(C)=NC1C=C(C(N)=NCC/C(C)=C/CC(C=CCCC)NSC)N=CN1C(C)C. The number of nitrogens with two attached hydrogens (primary N) is 1. The molecule has 37 heavy (non-hydrogen) atoms. The van der Waals surface area contributed by atoms with Crippen molar-refractivity contribution < 1.29 is 0 Å². The predicted octanol–water partition coefficient (Wildman–Crippen LogP) is 6.12. The minimum Gasteiger partial charge on any atom is -0.382 e. The second kappa shape index (κ2) is 18.7. The van der Waals surface area contributed by atoms with Crippen LogP contribution < -0.4 is 10.5 Å². The maximum Gasteiger partial charge on any atom is 0.144 e. The monoisotopic (exact) mass is 527 g/mol. The van der Waals surface area contributed by atoms with Crippen LogP contribution in [-0.4, -0.2) is 66.6 Å². The van der Waals surface area contributed by atoms with Crippen molar-refractivity contribution in [1.29, 1.82) is 0 Å². The first-order valence-corrected chi connectivity index (χ1v) is 14.6. The van der Waals surface area contributed by atoms with E-state index in [1.807, 2.05) is 45.5 Å². The minimum atomic E-state index is -0.200.